The molecule has 1 unspecified atom stereocenters. The molecule has 1 N–H and O–H groups in total. The van der Waals surface area contributed by atoms with Crippen molar-refractivity contribution in [1.29, 1.82) is 0 Å². The molecule has 0 spiro atoms. The SMILES string of the molecule is O=C(NC(Br)c1ccccn1)OBr. The maximum atomic E-state index is 10.8. The van der Waals surface area contributed by atoms with Crippen molar-refractivity contribution in [3.8, 4) is 0 Å². The third-order valence-electron chi connectivity index (χ3n) is 1.26. The third-order valence-corrected chi connectivity index (χ3v) is 2.25. The molecule has 0 radical (unpaired) electrons. The molecule has 0 fully saturated rings. The van der Waals surface area contributed by atoms with Gasteiger partial charge in [-0.2, -0.15) is 0 Å². The molecular formula is C7H6Br2N2O2. The Morgan fingerprint density at radius 3 is 2.92 bits per heavy atom. The van der Waals surface area contributed by atoms with Gasteiger partial charge in [0, 0.05) is 6.20 Å². The topological polar surface area (TPSA) is 51.2 Å². The van der Waals surface area contributed by atoms with Gasteiger partial charge >= 0.3 is 6.09 Å². The quantitative estimate of drug-likeness (QED) is 0.674. The fourth-order valence-corrected chi connectivity index (χ4v) is 1.28. The van der Waals surface area contributed by atoms with Gasteiger partial charge in [0.05, 0.1) is 5.69 Å². The summed E-state index contributed by atoms with van der Waals surface area (Å²) in [5.74, 6) is 0. The summed E-state index contributed by atoms with van der Waals surface area (Å²) >= 11 is 5.79. The zero-order valence-corrected chi connectivity index (χ0v) is 9.58. The lowest BCUT2D eigenvalue weighted by Crippen LogP contribution is -2.23. The molecule has 4 nitrogen and oxygen atoms in total. The van der Waals surface area contributed by atoms with Crippen molar-refractivity contribution >= 4 is 38.3 Å². The minimum absolute atomic E-state index is 0.348. The van der Waals surface area contributed by atoms with Crippen LogP contribution in [0.1, 0.15) is 10.6 Å². The van der Waals surface area contributed by atoms with Crippen molar-refractivity contribution in [2.45, 2.75) is 4.95 Å². The summed E-state index contributed by atoms with van der Waals surface area (Å²) < 4.78 is 4.25. The van der Waals surface area contributed by atoms with Crippen LogP contribution >= 0.6 is 32.2 Å². The van der Waals surface area contributed by atoms with E-state index in [9.17, 15) is 4.79 Å². The summed E-state index contributed by atoms with van der Waals surface area (Å²) in [6.07, 6.45) is 1.07. The molecule has 0 aliphatic heterocycles. The number of nitrogens with one attached hydrogen (secondary N) is 1. The average molecular weight is 310 g/mol. The summed E-state index contributed by atoms with van der Waals surface area (Å²) in [5.41, 5.74) is 0.709. The molecule has 6 heteroatoms. The van der Waals surface area contributed by atoms with Gasteiger partial charge in [-0.05, 0) is 12.1 Å². The fourth-order valence-electron chi connectivity index (χ4n) is 0.726. The van der Waals surface area contributed by atoms with E-state index >= 15 is 0 Å². The molecule has 1 amide bonds. The minimum atomic E-state index is -0.576. The summed E-state index contributed by atoms with van der Waals surface area (Å²) in [4.78, 5) is 14.4. The Morgan fingerprint density at radius 1 is 1.62 bits per heavy atom. The van der Waals surface area contributed by atoms with E-state index < -0.39 is 6.09 Å². The first-order chi connectivity index (χ1) is 6.24. The highest BCUT2D eigenvalue weighted by molar-refractivity contribution is 9.09. The normalized spacial score (nSPS) is 11.8. The Kier molecular flexibility index (Phi) is 4.17. The van der Waals surface area contributed by atoms with Crippen LogP contribution in [0.5, 0.6) is 0 Å². The van der Waals surface area contributed by atoms with Gasteiger partial charge in [0.25, 0.3) is 0 Å². The Balaban J connectivity index is 2.59. The van der Waals surface area contributed by atoms with Crippen LogP contribution in [0.2, 0.25) is 0 Å². The maximum absolute atomic E-state index is 10.8. The molecule has 0 bridgehead atoms. The molecule has 1 aromatic rings. The van der Waals surface area contributed by atoms with Crippen LogP contribution < -0.4 is 5.32 Å². The monoisotopic (exact) mass is 308 g/mol. The fraction of sp³-hybridized carbons (Fsp3) is 0.143. The second kappa shape index (κ2) is 5.18. The largest absolute Gasteiger partial charge is 0.419 e. The number of carbonyl (C=O) groups excluding carboxylic acids is 1. The van der Waals surface area contributed by atoms with Crippen molar-refractivity contribution in [2.24, 2.45) is 0 Å². The maximum Gasteiger partial charge on any atom is 0.419 e. The summed E-state index contributed by atoms with van der Waals surface area (Å²) in [6, 6.07) is 5.41. The van der Waals surface area contributed by atoms with E-state index in [1.165, 1.54) is 0 Å². The van der Waals surface area contributed by atoms with E-state index in [0.717, 1.165) is 0 Å². The molecule has 13 heavy (non-hydrogen) atoms. The van der Waals surface area contributed by atoms with E-state index in [1.807, 2.05) is 6.07 Å². The molecule has 0 aliphatic carbocycles. The van der Waals surface area contributed by atoms with Gasteiger partial charge in [-0.15, -0.1) is 0 Å². The molecule has 1 rings (SSSR count). The zero-order chi connectivity index (χ0) is 9.68. The lowest BCUT2D eigenvalue weighted by Gasteiger charge is -2.08. The minimum Gasteiger partial charge on any atom is -0.367 e. The molecule has 0 saturated carbocycles. The molecular weight excluding hydrogens is 304 g/mol. The number of nitrogens with zero attached hydrogens (tertiary/aromatic N) is 1. The number of pyridine rings is 1. The van der Waals surface area contributed by atoms with Gasteiger partial charge in [0.15, 0.2) is 16.3 Å². The lowest BCUT2D eigenvalue weighted by molar-refractivity contribution is 0.210. The molecule has 0 aliphatic rings. The van der Waals surface area contributed by atoms with E-state index in [2.05, 4.69) is 46.3 Å². The van der Waals surface area contributed by atoms with E-state index in [1.54, 1.807) is 18.3 Å². The lowest BCUT2D eigenvalue weighted by atomic mass is 10.3. The van der Waals surface area contributed by atoms with Crippen molar-refractivity contribution in [2.75, 3.05) is 0 Å². The van der Waals surface area contributed by atoms with Crippen LogP contribution in [0, 0.1) is 0 Å². The molecule has 1 aromatic heterocycles. The number of hydrogen-bond acceptors (Lipinski definition) is 3. The smallest absolute Gasteiger partial charge is 0.367 e. The number of hydrogen-bond donors (Lipinski definition) is 1. The van der Waals surface area contributed by atoms with Crippen LogP contribution in [-0.4, -0.2) is 11.1 Å². The Hall–Kier alpha value is -0.620. The second-order valence-corrected chi connectivity index (χ2v) is 3.37. The Labute approximate surface area is 92.3 Å². The van der Waals surface area contributed by atoms with Crippen molar-refractivity contribution in [3.63, 3.8) is 0 Å². The van der Waals surface area contributed by atoms with Crippen LogP contribution in [0.4, 0.5) is 4.79 Å². The highest BCUT2D eigenvalue weighted by Gasteiger charge is 2.11. The second-order valence-electron chi connectivity index (χ2n) is 2.13. The van der Waals surface area contributed by atoms with E-state index in [-0.39, 0.29) is 4.95 Å². The van der Waals surface area contributed by atoms with Crippen LogP contribution in [-0.2, 0) is 3.83 Å². The number of rotatable bonds is 2. The molecule has 0 saturated heterocycles. The number of alkyl halides is 1. The summed E-state index contributed by atoms with van der Waals surface area (Å²) in [6.45, 7) is 0. The van der Waals surface area contributed by atoms with Crippen molar-refractivity contribution in [3.05, 3.63) is 30.1 Å². The first kappa shape index (κ1) is 10.5. The van der Waals surface area contributed by atoms with Gasteiger partial charge in [0.1, 0.15) is 4.95 Å². The van der Waals surface area contributed by atoms with E-state index in [4.69, 9.17) is 0 Å². The van der Waals surface area contributed by atoms with Gasteiger partial charge < -0.3 is 9.15 Å². The number of amides is 1. The third kappa shape index (κ3) is 3.31. The first-order valence-electron chi connectivity index (χ1n) is 3.38. The number of carbonyl (C=O) groups is 1. The van der Waals surface area contributed by atoms with Crippen molar-refractivity contribution in [1.82, 2.24) is 10.3 Å². The molecule has 0 aromatic carbocycles. The van der Waals surface area contributed by atoms with Crippen molar-refractivity contribution < 1.29 is 8.62 Å². The standard InChI is InChI=1S/C7H6Br2N2O2/c8-6(11-7(12)13-9)5-3-1-2-4-10-5/h1-4,6H,(H,11,12). The van der Waals surface area contributed by atoms with E-state index in [0.29, 0.717) is 5.69 Å². The Morgan fingerprint density at radius 2 is 2.38 bits per heavy atom. The van der Waals surface area contributed by atoms with Crippen LogP contribution in [0.15, 0.2) is 24.4 Å². The highest BCUT2D eigenvalue weighted by atomic mass is 79.9. The Bertz CT molecular complexity index is 281. The average Bonchev–Trinajstić information content (AvgIpc) is 2.19. The predicted octanol–water partition coefficient (Wildman–Crippen LogP) is 2.51. The van der Waals surface area contributed by atoms with Gasteiger partial charge in [0.2, 0.25) is 0 Å². The van der Waals surface area contributed by atoms with Gasteiger partial charge in [-0.25, -0.2) is 4.79 Å². The molecule has 70 valence electrons. The number of halogens is 2. The summed E-state index contributed by atoms with van der Waals surface area (Å²) in [7, 11) is 0. The molecule has 1 heterocycles. The molecule has 1 atom stereocenters. The predicted molar refractivity (Wildman–Crippen MR) is 54.4 cm³/mol. The zero-order valence-electron chi connectivity index (χ0n) is 6.41. The first-order valence-corrected chi connectivity index (χ1v) is 4.94. The van der Waals surface area contributed by atoms with Crippen LogP contribution in [0.3, 0.4) is 0 Å². The van der Waals surface area contributed by atoms with Gasteiger partial charge in [-0.1, -0.05) is 22.0 Å². The number of aromatic nitrogens is 1. The summed E-state index contributed by atoms with van der Waals surface area (Å²) in [5, 5.41) is 2.49. The highest BCUT2D eigenvalue weighted by Crippen LogP contribution is 2.16. The van der Waals surface area contributed by atoms with Crippen LogP contribution in [0.25, 0.3) is 0 Å². The van der Waals surface area contributed by atoms with Gasteiger partial charge in [-0.3, -0.25) is 4.98 Å².